The first-order valence-corrected chi connectivity index (χ1v) is 6.31. The van der Waals surface area contributed by atoms with E-state index in [4.69, 9.17) is 4.74 Å². The summed E-state index contributed by atoms with van der Waals surface area (Å²) in [7, 11) is 0. The Bertz CT molecular complexity index is 294. The van der Waals surface area contributed by atoms with Gasteiger partial charge in [0.2, 0.25) is 0 Å². The van der Waals surface area contributed by atoms with E-state index >= 15 is 0 Å². The highest BCUT2D eigenvalue weighted by molar-refractivity contribution is 7.10. The summed E-state index contributed by atoms with van der Waals surface area (Å²) in [6, 6.07) is 2.16. The van der Waals surface area contributed by atoms with Gasteiger partial charge in [-0.1, -0.05) is 0 Å². The van der Waals surface area contributed by atoms with E-state index in [0.717, 1.165) is 19.7 Å². The summed E-state index contributed by atoms with van der Waals surface area (Å²) in [6.45, 7) is 11.0. The van der Waals surface area contributed by atoms with Crippen LogP contribution in [0, 0.1) is 6.92 Å². The molecule has 0 amide bonds. The van der Waals surface area contributed by atoms with E-state index in [0.29, 0.717) is 0 Å². The van der Waals surface area contributed by atoms with Gasteiger partial charge in [-0.3, -0.25) is 0 Å². The summed E-state index contributed by atoms with van der Waals surface area (Å²) >= 11 is 1.81. The Morgan fingerprint density at radius 1 is 1.47 bits per heavy atom. The number of aryl methyl sites for hydroxylation is 1. The summed E-state index contributed by atoms with van der Waals surface area (Å²) in [5, 5.41) is 5.58. The van der Waals surface area contributed by atoms with Crippen molar-refractivity contribution in [3.63, 3.8) is 0 Å². The number of hydrogen-bond acceptors (Lipinski definition) is 3. The number of thiophene rings is 1. The van der Waals surface area contributed by atoms with Crippen LogP contribution in [0.15, 0.2) is 11.4 Å². The Labute approximate surface area is 96.7 Å². The SMILES string of the molecule is CCOC(C)(C)CNCc1sccc1C. The van der Waals surface area contributed by atoms with Crippen molar-refractivity contribution in [1.82, 2.24) is 5.32 Å². The first kappa shape index (κ1) is 12.7. The molecule has 1 N–H and O–H groups in total. The van der Waals surface area contributed by atoms with Gasteiger partial charge in [0.05, 0.1) is 5.60 Å². The quantitative estimate of drug-likeness (QED) is 0.806. The van der Waals surface area contributed by atoms with Gasteiger partial charge in [-0.25, -0.2) is 0 Å². The molecule has 0 aliphatic carbocycles. The fourth-order valence-corrected chi connectivity index (χ4v) is 2.38. The highest BCUT2D eigenvalue weighted by Gasteiger charge is 2.16. The fraction of sp³-hybridized carbons (Fsp3) is 0.667. The van der Waals surface area contributed by atoms with Gasteiger partial charge in [0.15, 0.2) is 0 Å². The van der Waals surface area contributed by atoms with Crippen LogP contribution >= 0.6 is 11.3 Å². The molecule has 0 radical (unpaired) electrons. The average molecular weight is 227 g/mol. The van der Waals surface area contributed by atoms with Crippen molar-refractivity contribution in [1.29, 1.82) is 0 Å². The largest absolute Gasteiger partial charge is 0.375 e. The first-order chi connectivity index (χ1) is 7.05. The van der Waals surface area contributed by atoms with Gasteiger partial charge >= 0.3 is 0 Å². The number of nitrogens with one attached hydrogen (secondary N) is 1. The van der Waals surface area contributed by atoms with E-state index in [2.05, 4.69) is 37.5 Å². The molecule has 15 heavy (non-hydrogen) atoms. The van der Waals surface area contributed by atoms with Crippen molar-refractivity contribution >= 4 is 11.3 Å². The van der Waals surface area contributed by atoms with Crippen LogP contribution < -0.4 is 5.32 Å². The predicted octanol–water partition coefficient (Wildman–Crippen LogP) is 2.96. The van der Waals surface area contributed by atoms with Crippen LogP contribution in [-0.2, 0) is 11.3 Å². The van der Waals surface area contributed by atoms with Crippen LogP contribution in [0.4, 0.5) is 0 Å². The molecule has 86 valence electrons. The molecule has 0 spiro atoms. The summed E-state index contributed by atoms with van der Waals surface area (Å²) in [5.74, 6) is 0. The fourth-order valence-electron chi connectivity index (χ4n) is 1.50. The topological polar surface area (TPSA) is 21.3 Å². The second kappa shape index (κ2) is 5.64. The monoisotopic (exact) mass is 227 g/mol. The van der Waals surface area contributed by atoms with Crippen LogP contribution in [-0.4, -0.2) is 18.8 Å². The van der Waals surface area contributed by atoms with Crippen molar-refractivity contribution < 1.29 is 4.74 Å². The van der Waals surface area contributed by atoms with Crippen LogP contribution in [0.2, 0.25) is 0 Å². The van der Waals surface area contributed by atoms with Gasteiger partial charge in [0.25, 0.3) is 0 Å². The third kappa shape index (κ3) is 4.33. The lowest BCUT2D eigenvalue weighted by Crippen LogP contribution is -2.37. The van der Waals surface area contributed by atoms with Gasteiger partial charge < -0.3 is 10.1 Å². The Morgan fingerprint density at radius 2 is 2.20 bits per heavy atom. The molecule has 3 heteroatoms. The minimum absolute atomic E-state index is 0.0695. The maximum absolute atomic E-state index is 5.62. The Balaban J connectivity index is 2.30. The third-order valence-electron chi connectivity index (χ3n) is 2.34. The Kier molecular flexibility index (Phi) is 4.77. The van der Waals surface area contributed by atoms with E-state index in [1.54, 1.807) is 0 Å². The lowest BCUT2D eigenvalue weighted by Gasteiger charge is -2.24. The lowest BCUT2D eigenvalue weighted by atomic mass is 10.1. The molecule has 0 saturated heterocycles. The zero-order chi connectivity index (χ0) is 11.3. The van der Waals surface area contributed by atoms with Gasteiger partial charge in [-0.15, -0.1) is 11.3 Å². The molecule has 1 aromatic heterocycles. The van der Waals surface area contributed by atoms with E-state index in [-0.39, 0.29) is 5.60 Å². The predicted molar refractivity (Wildman–Crippen MR) is 66.5 cm³/mol. The Morgan fingerprint density at radius 3 is 2.73 bits per heavy atom. The molecule has 0 unspecified atom stereocenters. The first-order valence-electron chi connectivity index (χ1n) is 5.43. The smallest absolute Gasteiger partial charge is 0.0750 e. The zero-order valence-corrected chi connectivity index (χ0v) is 10.9. The van der Waals surface area contributed by atoms with E-state index in [9.17, 15) is 0 Å². The molecule has 2 nitrogen and oxygen atoms in total. The summed E-state index contributed by atoms with van der Waals surface area (Å²) in [5.41, 5.74) is 1.31. The van der Waals surface area contributed by atoms with E-state index in [1.165, 1.54) is 10.4 Å². The van der Waals surface area contributed by atoms with Crippen molar-refractivity contribution in [3.05, 3.63) is 21.9 Å². The molecular formula is C12H21NOS. The number of hydrogen-bond donors (Lipinski definition) is 1. The lowest BCUT2D eigenvalue weighted by molar-refractivity contribution is -0.00894. The highest BCUT2D eigenvalue weighted by Crippen LogP contribution is 2.15. The maximum atomic E-state index is 5.62. The molecule has 1 heterocycles. The van der Waals surface area contributed by atoms with Crippen molar-refractivity contribution in [2.45, 2.75) is 39.8 Å². The second-order valence-corrected chi connectivity index (χ2v) is 5.32. The molecule has 0 saturated carbocycles. The van der Waals surface area contributed by atoms with Gasteiger partial charge in [-0.2, -0.15) is 0 Å². The normalized spacial score (nSPS) is 12.0. The minimum Gasteiger partial charge on any atom is -0.375 e. The maximum Gasteiger partial charge on any atom is 0.0750 e. The second-order valence-electron chi connectivity index (χ2n) is 4.32. The van der Waals surface area contributed by atoms with Gasteiger partial charge in [0, 0.05) is 24.6 Å². The Hall–Kier alpha value is -0.380. The molecule has 0 bridgehead atoms. The van der Waals surface area contributed by atoms with Crippen LogP contribution in [0.3, 0.4) is 0 Å². The third-order valence-corrected chi connectivity index (χ3v) is 3.36. The highest BCUT2D eigenvalue weighted by atomic mass is 32.1. The van der Waals surface area contributed by atoms with Crippen molar-refractivity contribution in [2.75, 3.05) is 13.2 Å². The molecule has 0 aliphatic rings. The summed E-state index contributed by atoms with van der Waals surface area (Å²) < 4.78 is 5.62. The molecule has 0 aliphatic heterocycles. The molecule has 0 fully saturated rings. The van der Waals surface area contributed by atoms with Crippen LogP contribution in [0.1, 0.15) is 31.2 Å². The number of ether oxygens (including phenoxy) is 1. The summed E-state index contributed by atoms with van der Waals surface area (Å²) in [6.07, 6.45) is 0. The van der Waals surface area contributed by atoms with Gasteiger partial charge in [0.1, 0.15) is 0 Å². The van der Waals surface area contributed by atoms with Gasteiger partial charge in [-0.05, 0) is 44.7 Å². The standard InChI is InChI=1S/C12H21NOS/c1-5-14-12(3,4)9-13-8-11-10(2)6-7-15-11/h6-7,13H,5,8-9H2,1-4H3. The van der Waals surface area contributed by atoms with Crippen LogP contribution in [0.5, 0.6) is 0 Å². The average Bonchev–Trinajstić information content (AvgIpc) is 2.51. The van der Waals surface area contributed by atoms with E-state index in [1.807, 2.05) is 18.3 Å². The molecule has 1 aromatic rings. The van der Waals surface area contributed by atoms with Crippen LogP contribution in [0.25, 0.3) is 0 Å². The van der Waals surface area contributed by atoms with Crippen molar-refractivity contribution in [3.8, 4) is 0 Å². The zero-order valence-electron chi connectivity index (χ0n) is 10.1. The van der Waals surface area contributed by atoms with Crippen molar-refractivity contribution in [2.24, 2.45) is 0 Å². The summed E-state index contributed by atoms with van der Waals surface area (Å²) in [4.78, 5) is 1.42. The van der Waals surface area contributed by atoms with E-state index < -0.39 is 0 Å². The number of rotatable bonds is 6. The minimum atomic E-state index is -0.0695. The molecule has 1 rings (SSSR count). The molecule has 0 atom stereocenters. The molecule has 0 aromatic carbocycles. The molecular weight excluding hydrogens is 206 g/mol.